The molecule has 17 heavy (non-hydrogen) atoms. The van der Waals surface area contributed by atoms with E-state index in [1.807, 2.05) is 0 Å². The molecule has 3 aromatic rings. The minimum absolute atomic E-state index is 0.00167. The average molecular weight is 254 g/mol. The van der Waals surface area contributed by atoms with Gasteiger partial charge in [-0.25, -0.2) is 14.0 Å². The maximum atomic E-state index is 13.2. The highest BCUT2D eigenvalue weighted by Crippen LogP contribution is 2.25. The Hall–Kier alpha value is -2.15. The van der Waals surface area contributed by atoms with Gasteiger partial charge < -0.3 is 10.7 Å². The summed E-state index contributed by atoms with van der Waals surface area (Å²) >= 11 is 5.65. The molecule has 0 atom stereocenters. The van der Waals surface area contributed by atoms with Gasteiger partial charge in [0.15, 0.2) is 17.3 Å². The first-order valence-corrected chi connectivity index (χ1v) is 4.96. The van der Waals surface area contributed by atoms with Crippen molar-refractivity contribution in [2.24, 2.45) is 0 Å². The van der Waals surface area contributed by atoms with Crippen LogP contribution in [0.4, 0.5) is 10.2 Å². The topological polar surface area (TPSA) is 93.6 Å². The maximum absolute atomic E-state index is 13.2. The third-order valence-corrected chi connectivity index (χ3v) is 2.55. The number of aromatic nitrogens is 4. The SMILES string of the molecule is Nc1nonc1-c1nc2cc(Cl)c(F)cc2[nH]1. The van der Waals surface area contributed by atoms with Crippen molar-refractivity contribution in [1.82, 2.24) is 20.3 Å². The Kier molecular flexibility index (Phi) is 2.02. The molecule has 0 radical (unpaired) electrons. The van der Waals surface area contributed by atoms with Crippen molar-refractivity contribution < 1.29 is 9.02 Å². The van der Waals surface area contributed by atoms with Gasteiger partial charge in [0, 0.05) is 6.07 Å². The summed E-state index contributed by atoms with van der Waals surface area (Å²) in [5, 5.41) is 7.03. The fourth-order valence-electron chi connectivity index (χ4n) is 1.48. The number of benzene rings is 1. The number of aromatic amines is 1. The van der Waals surface area contributed by atoms with Crippen molar-refractivity contribution in [1.29, 1.82) is 0 Å². The predicted molar refractivity (Wildman–Crippen MR) is 58.8 cm³/mol. The second kappa shape index (κ2) is 3.42. The summed E-state index contributed by atoms with van der Waals surface area (Å²) in [5.41, 5.74) is 6.80. The van der Waals surface area contributed by atoms with E-state index in [1.54, 1.807) is 0 Å². The smallest absolute Gasteiger partial charge is 0.199 e. The fourth-order valence-corrected chi connectivity index (χ4v) is 1.63. The molecular formula is C9H5ClFN5O. The van der Waals surface area contributed by atoms with Crippen molar-refractivity contribution in [2.45, 2.75) is 0 Å². The predicted octanol–water partition coefficient (Wildman–Crippen LogP) is 1.99. The largest absolute Gasteiger partial charge is 0.379 e. The van der Waals surface area contributed by atoms with Crippen LogP contribution in [0, 0.1) is 5.82 Å². The molecule has 0 spiro atoms. The number of imidazole rings is 1. The monoisotopic (exact) mass is 253 g/mol. The first-order valence-electron chi connectivity index (χ1n) is 4.58. The van der Waals surface area contributed by atoms with Gasteiger partial charge in [-0.05, 0) is 16.4 Å². The lowest BCUT2D eigenvalue weighted by molar-refractivity contribution is 0.310. The van der Waals surface area contributed by atoms with Crippen LogP contribution >= 0.6 is 11.6 Å². The van der Waals surface area contributed by atoms with Crippen molar-refractivity contribution in [3.05, 3.63) is 23.0 Å². The molecule has 0 unspecified atom stereocenters. The zero-order valence-electron chi connectivity index (χ0n) is 8.24. The summed E-state index contributed by atoms with van der Waals surface area (Å²) in [6.45, 7) is 0. The number of rotatable bonds is 1. The number of nitrogens with two attached hydrogens (primary N) is 1. The molecule has 0 saturated heterocycles. The van der Waals surface area contributed by atoms with Crippen LogP contribution in [-0.4, -0.2) is 20.3 Å². The van der Waals surface area contributed by atoms with Crippen LogP contribution in [0.3, 0.4) is 0 Å². The summed E-state index contributed by atoms with van der Waals surface area (Å²) in [6.07, 6.45) is 0. The van der Waals surface area contributed by atoms with Crippen molar-refractivity contribution >= 4 is 28.5 Å². The van der Waals surface area contributed by atoms with E-state index in [9.17, 15) is 4.39 Å². The molecule has 0 aliphatic heterocycles. The number of nitrogen functional groups attached to an aromatic ring is 1. The minimum atomic E-state index is -0.527. The van der Waals surface area contributed by atoms with Gasteiger partial charge in [-0.15, -0.1) is 0 Å². The quantitative estimate of drug-likeness (QED) is 0.692. The molecule has 0 aliphatic rings. The number of fused-ring (bicyclic) bond motifs is 1. The maximum Gasteiger partial charge on any atom is 0.199 e. The van der Waals surface area contributed by atoms with Crippen LogP contribution in [0.15, 0.2) is 16.8 Å². The average Bonchev–Trinajstić information content (AvgIpc) is 2.85. The third-order valence-electron chi connectivity index (χ3n) is 2.26. The normalized spacial score (nSPS) is 11.2. The molecule has 3 rings (SSSR count). The van der Waals surface area contributed by atoms with E-state index >= 15 is 0 Å². The number of nitrogens with one attached hydrogen (secondary N) is 1. The second-order valence-electron chi connectivity index (χ2n) is 3.37. The first-order chi connectivity index (χ1) is 8.15. The van der Waals surface area contributed by atoms with E-state index in [2.05, 4.69) is 24.9 Å². The molecular weight excluding hydrogens is 249 g/mol. The van der Waals surface area contributed by atoms with E-state index in [0.29, 0.717) is 16.9 Å². The first kappa shape index (κ1) is 10.0. The van der Waals surface area contributed by atoms with E-state index in [1.165, 1.54) is 12.1 Å². The van der Waals surface area contributed by atoms with Crippen molar-refractivity contribution in [3.63, 3.8) is 0 Å². The van der Waals surface area contributed by atoms with Gasteiger partial charge in [0.25, 0.3) is 0 Å². The lowest BCUT2D eigenvalue weighted by Crippen LogP contribution is -1.89. The standard InChI is InChI=1S/C9H5ClFN5O/c10-3-1-5-6(2-4(3)11)14-9(13-5)7-8(12)16-17-15-7/h1-2H,(H2,12,16)(H,13,14). The van der Waals surface area contributed by atoms with Gasteiger partial charge in [-0.3, -0.25) is 0 Å². The highest BCUT2D eigenvalue weighted by Gasteiger charge is 2.14. The minimum Gasteiger partial charge on any atom is -0.379 e. The third kappa shape index (κ3) is 1.51. The second-order valence-corrected chi connectivity index (χ2v) is 3.77. The summed E-state index contributed by atoms with van der Waals surface area (Å²) in [5.74, 6) is -0.0725. The van der Waals surface area contributed by atoms with E-state index in [0.717, 1.165) is 0 Å². The highest BCUT2D eigenvalue weighted by atomic mass is 35.5. The van der Waals surface area contributed by atoms with Gasteiger partial charge in [0.1, 0.15) is 5.82 Å². The fraction of sp³-hybridized carbons (Fsp3) is 0. The molecule has 0 bridgehead atoms. The molecule has 2 aromatic heterocycles. The molecule has 8 heteroatoms. The van der Waals surface area contributed by atoms with Gasteiger partial charge >= 0.3 is 0 Å². The Labute approximate surface area is 98.5 Å². The van der Waals surface area contributed by atoms with Crippen molar-refractivity contribution in [2.75, 3.05) is 5.73 Å². The van der Waals surface area contributed by atoms with Crippen LogP contribution in [0.25, 0.3) is 22.6 Å². The number of halogens is 2. The van der Waals surface area contributed by atoms with Crippen LogP contribution in [0.5, 0.6) is 0 Å². The van der Waals surface area contributed by atoms with Crippen molar-refractivity contribution in [3.8, 4) is 11.5 Å². The Morgan fingerprint density at radius 3 is 2.88 bits per heavy atom. The number of anilines is 1. The molecule has 0 saturated carbocycles. The number of hydrogen-bond donors (Lipinski definition) is 2. The Morgan fingerprint density at radius 2 is 2.18 bits per heavy atom. The Balaban J connectivity index is 2.24. The van der Waals surface area contributed by atoms with E-state index in [-0.39, 0.29) is 16.5 Å². The zero-order chi connectivity index (χ0) is 12.0. The molecule has 2 heterocycles. The van der Waals surface area contributed by atoms with Crippen LogP contribution in [0.2, 0.25) is 5.02 Å². The van der Waals surface area contributed by atoms with E-state index < -0.39 is 5.82 Å². The lowest BCUT2D eigenvalue weighted by Gasteiger charge is -1.91. The summed E-state index contributed by atoms with van der Waals surface area (Å²) in [4.78, 5) is 7.02. The highest BCUT2D eigenvalue weighted by molar-refractivity contribution is 6.31. The molecule has 3 N–H and O–H groups in total. The molecule has 86 valence electrons. The van der Waals surface area contributed by atoms with Crippen LogP contribution in [0.1, 0.15) is 0 Å². The molecule has 0 fully saturated rings. The number of nitrogens with zero attached hydrogens (tertiary/aromatic N) is 3. The summed E-state index contributed by atoms with van der Waals surface area (Å²) in [6, 6.07) is 2.66. The molecule has 0 amide bonds. The Bertz CT molecular complexity index is 668. The molecule has 1 aromatic carbocycles. The van der Waals surface area contributed by atoms with Gasteiger partial charge in [0.2, 0.25) is 0 Å². The van der Waals surface area contributed by atoms with Crippen LogP contribution in [-0.2, 0) is 0 Å². The zero-order valence-corrected chi connectivity index (χ0v) is 8.99. The number of H-pyrrole nitrogens is 1. The Morgan fingerprint density at radius 1 is 1.35 bits per heavy atom. The lowest BCUT2D eigenvalue weighted by atomic mass is 10.3. The summed E-state index contributed by atoms with van der Waals surface area (Å²) < 4.78 is 17.7. The summed E-state index contributed by atoms with van der Waals surface area (Å²) in [7, 11) is 0. The van der Waals surface area contributed by atoms with E-state index in [4.69, 9.17) is 17.3 Å². The van der Waals surface area contributed by atoms with Gasteiger partial charge in [-0.1, -0.05) is 11.6 Å². The molecule has 0 aliphatic carbocycles. The number of hydrogen-bond acceptors (Lipinski definition) is 5. The van der Waals surface area contributed by atoms with Gasteiger partial charge in [0.05, 0.1) is 16.1 Å². The van der Waals surface area contributed by atoms with Gasteiger partial charge in [-0.2, -0.15) is 0 Å². The molecule has 6 nitrogen and oxygen atoms in total. The van der Waals surface area contributed by atoms with Crippen LogP contribution < -0.4 is 5.73 Å².